The molecule has 5 heteroatoms. The van der Waals surface area contributed by atoms with Crippen molar-refractivity contribution in [1.82, 2.24) is 0 Å². The van der Waals surface area contributed by atoms with Crippen LogP contribution in [-0.2, 0) is 0 Å². The van der Waals surface area contributed by atoms with Crippen molar-refractivity contribution in [2.24, 2.45) is 5.92 Å². The van der Waals surface area contributed by atoms with Crippen LogP contribution in [0.15, 0.2) is 16.5 Å². The van der Waals surface area contributed by atoms with Crippen LogP contribution in [-0.4, -0.2) is 28.4 Å². The van der Waals surface area contributed by atoms with Crippen molar-refractivity contribution in [3.63, 3.8) is 0 Å². The standard InChI is InChI=1S/C12H14O4S/c13-9(7-8-3-5-17-6-4-8)10-1-2-11(16-10)12(14)15/h1-2,8H,3-7H2,(H,14,15). The molecule has 0 unspecified atom stereocenters. The maximum Gasteiger partial charge on any atom is 0.371 e. The predicted octanol–water partition coefficient (Wildman–Crippen LogP) is 2.69. The SMILES string of the molecule is O=C(O)c1ccc(C(=O)CC2CCSCC2)o1. The summed E-state index contributed by atoms with van der Waals surface area (Å²) in [5.74, 6) is 1.40. The van der Waals surface area contributed by atoms with Crippen LogP contribution < -0.4 is 0 Å². The molecule has 0 spiro atoms. The van der Waals surface area contributed by atoms with Crippen LogP contribution in [0.5, 0.6) is 0 Å². The van der Waals surface area contributed by atoms with E-state index in [1.54, 1.807) is 0 Å². The first-order chi connectivity index (χ1) is 8.16. The van der Waals surface area contributed by atoms with Gasteiger partial charge in [0.05, 0.1) is 0 Å². The number of aromatic carboxylic acids is 1. The van der Waals surface area contributed by atoms with Gasteiger partial charge in [0.2, 0.25) is 5.76 Å². The molecule has 0 radical (unpaired) electrons. The molecule has 0 atom stereocenters. The van der Waals surface area contributed by atoms with E-state index in [1.807, 2.05) is 11.8 Å². The van der Waals surface area contributed by atoms with Gasteiger partial charge in [0.15, 0.2) is 11.5 Å². The minimum absolute atomic E-state index is 0.0885. The van der Waals surface area contributed by atoms with E-state index in [0.29, 0.717) is 12.3 Å². The second-order valence-electron chi connectivity index (χ2n) is 4.15. The molecule has 0 aliphatic carbocycles. The summed E-state index contributed by atoms with van der Waals surface area (Å²) in [6, 6.07) is 2.77. The average molecular weight is 254 g/mol. The third-order valence-corrected chi connectivity index (χ3v) is 3.96. The third kappa shape index (κ3) is 3.12. The zero-order valence-corrected chi connectivity index (χ0v) is 10.2. The molecule has 1 saturated heterocycles. The number of ketones is 1. The van der Waals surface area contributed by atoms with Crippen molar-refractivity contribution in [1.29, 1.82) is 0 Å². The van der Waals surface area contributed by atoms with Crippen LogP contribution >= 0.6 is 11.8 Å². The summed E-state index contributed by atoms with van der Waals surface area (Å²) in [6.45, 7) is 0. The molecule has 1 aromatic heterocycles. The Morgan fingerprint density at radius 1 is 1.29 bits per heavy atom. The summed E-state index contributed by atoms with van der Waals surface area (Å²) < 4.78 is 4.99. The van der Waals surface area contributed by atoms with Gasteiger partial charge in [-0.3, -0.25) is 4.79 Å². The van der Waals surface area contributed by atoms with Crippen LogP contribution in [0.1, 0.15) is 40.4 Å². The lowest BCUT2D eigenvalue weighted by atomic mass is 9.96. The van der Waals surface area contributed by atoms with Crippen molar-refractivity contribution < 1.29 is 19.1 Å². The summed E-state index contributed by atoms with van der Waals surface area (Å²) >= 11 is 1.92. The Balaban J connectivity index is 1.96. The van der Waals surface area contributed by atoms with Gasteiger partial charge in [-0.2, -0.15) is 11.8 Å². The van der Waals surface area contributed by atoms with Crippen LogP contribution in [0, 0.1) is 5.92 Å². The number of hydrogen-bond acceptors (Lipinski definition) is 4. The van der Waals surface area contributed by atoms with Gasteiger partial charge in [-0.05, 0) is 42.4 Å². The minimum atomic E-state index is -1.14. The molecular weight excluding hydrogens is 240 g/mol. The number of hydrogen-bond donors (Lipinski definition) is 1. The topological polar surface area (TPSA) is 67.5 Å². The van der Waals surface area contributed by atoms with Gasteiger partial charge in [-0.25, -0.2) is 4.79 Å². The zero-order valence-electron chi connectivity index (χ0n) is 9.35. The summed E-state index contributed by atoms with van der Waals surface area (Å²) in [7, 11) is 0. The number of thioether (sulfide) groups is 1. The highest BCUT2D eigenvalue weighted by atomic mass is 32.2. The van der Waals surface area contributed by atoms with Crippen LogP contribution in [0.25, 0.3) is 0 Å². The lowest BCUT2D eigenvalue weighted by molar-refractivity contribution is 0.0659. The van der Waals surface area contributed by atoms with E-state index in [1.165, 1.54) is 12.1 Å². The first-order valence-corrected chi connectivity index (χ1v) is 6.76. The first-order valence-electron chi connectivity index (χ1n) is 5.61. The molecule has 0 amide bonds. The third-order valence-electron chi connectivity index (χ3n) is 2.91. The quantitative estimate of drug-likeness (QED) is 0.837. The second-order valence-corrected chi connectivity index (χ2v) is 5.38. The molecule has 0 bridgehead atoms. The molecule has 1 aromatic rings. The summed E-state index contributed by atoms with van der Waals surface area (Å²) in [6.07, 6.45) is 2.58. The number of furan rings is 1. The Kier molecular flexibility index (Phi) is 3.89. The summed E-state index contributed by atoms with van der Waals surface area (Å²) in [5, 5.41) is 8.69. The van der Waals surface area contributed by atoms with E-state index < -0.39 is 5.97 Å². The van der Waals surface area contributed by atoms with Crippen molar-refractivity contribution >= 4 is 23.5 Å². The molecule has 2 heterocycles. The van der Waals surface area contributed by atoms with Gasteiger partial charge in [0.25, 0.3) is 0 Å². The fourth-order valence-corrected chi connectivity index (χ4v) is 3.12. The van der Waals surface area contributed by atoms with E-state index >= 15 is 0 Å². The average Bonchev–Trinajstić information content (AvgIpc) is 2.79. The highest BCUT2D eigenvalue weighted by Gasteiger charge is 2.21. The maximum atomic E-state index is 11.9. The molecular formula is C12H14O4S. The predicted molar refractivity (Wildman–Crippen MR) is 64.7 cm³/mol. The monoisotopic (exact) mass is 254 g/mol. The van der Waals surface area contributed by atoms with E-state index in [0.717, 1.165) is 24.3 Å². The number of carbonyl (C=O) groups excluding carboxylic acids is 1. The molecule has 1 aliphatic rings. The van der Waals surface area contributed by atoms with E-state index in [4.69, 9.17) is 9.52 Å². The van der Waals surface area contributed by atoms with Crippen molar-refractivity contribution in [3.8, 4) is 0 Å². The van der Waals surface area contributed by atoms with Gasteiger partial charge < -0.3 is 9.52 Å². The normalized spacial score (nSPS) is 16.9. The number of Topliss-reactive ketones (excluding diaryl/α,β-unsaturated/α-hetero) is 1. The summed E-state index contributed by atoms with van der Waals surface area (Å²) in [5.41, 5.74) is 0. The van der Waals surface area contributed by atoms with Crippen molar-refractivity contribution in [2.75, 3.05) is 11.5 Å². The van der Waals surface area contributed by atoms with E-state index in [9.17, 15) is 9.59 Å². The molecule has 1 aliphatic heterocycles. The molecule has 0 aromatic carbocycles. The molecule has 17 heavy (non-hydrogen) atoms. The number of carboxylic acid groups (broad SMARTS) is 1. The molecule has 4 nitrogen and oxygen atoms in total. The second kappa shape index (κ2) is 5.40. The zero-order chi connectivity index (χ0) is 12.3. The van der Waals surface area contributed by atoms with Crippen molar-refractivity contribution in [2.45, 2.75) is 19.3 Å². The van der Waals surface area contributed by atoms with Crippen molar-refractivity contribution in [3.05, 3.63) is 23.7 Å². The van der Waals surface area contributed by atoms with Gasteiger partial charge in [0, 0.05) is 6.42 Å². The number of carbonyl (C=O) groups is 2. The highest BCUT2D eigenvalue weighted by molar-refractivity contribution is 7.99. The van der Waals surface area contributed by atoms with Crippen LogP contribution in [0.3, 0.4) is 0 Å². The fraction of sp³-hybridized carbons (Fsp3) is 0.500. The van der Waals surface area contributed by atoms with Gasteiger partial charge >= 0.3 is 5.97 Å². The smallest absolute Gasteiger partial charge is 0.371 e. The first kappa shape index (κ1) is 12.2. The molecule has 0 saturated carbocycles. The molecule has 1 N–H and O–H groups in total. The minimum Gasteiger partial charge on any atom is -0.475 e. The Hall–Kier alpha value is -1.23. The fourth-order valence-electron chi connectivity index (χ4n) is 1.92. The highest BCUT2D eigenvalue weighted by Crippen LogP contribution is 2.26. The molecule has 1 fully saturated rings. The Morgan fingerprint density at radius 2 is 1.94 bits per heavy atom. The Morgan fingerprint density at radius 3 is 2.53 bits per heavy atom. The van der Waals surface area contributed by atoms with Gasteiger partial charge in [0.1, 0.15) is 0 Å². The van der Waals surface area contributed by atoms with Gasteiger partial charge in [-0.1, -0.05) is 0 Å². The van der Waals surface area contributed by atoms with Crippen LogP contribution in [0.4, 0.5) is 0 Å². The lowest BCUT2D eigenvalue weighted by Gasteiger charge is -2.19. The molecule has 92 valence electrons. The summed E-state index contributed by atoms with van der Waals surface area (Å²) in [4.78, 5) is 22.5. The number of carboxylic acids is 1. The molecule has 2 rings (SSSR count). The van der Waals surface area contributed by atoms with E-state index in [2.05, 4.69) is 0 Å². The maximum absolute atomic E-state index is 11.9. The Labute approximate surface area is 103 Å². The lowest BCUT2D eigenvalue weighted by Crippen LogP contribution is -2.14. The van der Waals surface area contributed by atoms with E-state index in [-0.39, 0.29) is 17.3 Å². The number of rotatable bonds is 4. The van der Waals surface area contributed by atoms with Gasteiger partial charge in [-0.15, -0.1) is 0 Å². The van der Waals surface area contributed by atoms with Crippen LogP contribution in [0.2, 0.25) is 0 Å². The Bertz CT molecular complexity index is 418. The largest absolute Gasteiger partial charge is 0.475 e.